The summed E-state index contributed by atoms with van der Waals surface area (Å²) in [6.07, 6.45) is 4.43. The summed E-state index contributed by atoms with van der Waals surface area (Å²) in [5.41, 5.74) is 3.13. The van der Waals surface area contributed by atoms with Crippen LogP contribution < -0.4 is 10.2 Å². The van der Waals surface area contributed by atoms with E-state index < -0.39 is 12.1 Å². The van der Waals surface area contributed by atoms with Gasteiger partial charge in [-0.05, 0) is 56.5 Å². The minimum atomic E-state index is -0.905. The molecule has 6 nitrogen and oxygen atoms in total. The number of fused-ring (bicyclic) bond motifs is 1. The lowest BCUT2D eigenvalue weighted by Crippen LogP contribution is -2.30. The highest BCUT2D eigenvalue weighted by Gasteiger charge is 2.21. The number of hydrogen-bond acceptors (Lipinski definition) is 4. The second-order valence-electron chi connectivity index (χ2n) is 7.38. The number of para-hydroxylation sites is 1. The maximum absolute atomic E-state index is 12.5. The van der Waals surface area contributed by atoms with Crippen LogP contribution in [0.4, 0.5) is 11.4 Å². The van der Waals surface area contributed by atoms with Gasteiger partial charge in [0.2, 0.25) is 0 Å². The molecule has 0 aliphatic carbocycles. The minimum absolute atomic E-state index is 0.357. The van der Waals surface area contributed by atoms with E-state index in [1.807, 2.05) is 48.5 Å². The Morgan fingerprint density at radius 1 is 1.03 bits per heavy atom. The Kier molecular flexibility index (Phi) is 5.51. The van der Waals surface area contributed by atoms with Crippen molar-refractivity contribution in [1.82, 2.24) is 4.98 Å². The van der Waals surface area contributed by atoms with Gasteiger partial charge in [0.1, 0.15) is 0 Å². The molecule has 1 aliphatic rings. The molecule has 1 saturated heterocycles. The summed E-state index contributed by atoms with van der Waals surface area (Å²) >= 11 is 0. The number of anilines is 2. The first-order valence-electron chi connectivity index (χ1n) is 10.0. The Balaban J connectivity index is 1.36. The normalized spacial score (nSPS) is 15.1. The van der Waals surface area contributed by atoms with Gasteiger partial charge in [0.15, 0.2) is 6.10 Å². The quantitative estimate of drug-likeness (QED) is 0.635. The maximum Gasteiger partial charge on any atom is 0.341 e. The van der Waals surface area contributed by atoms with Gasteiger partial charge in [0.05, 0.1) is 5.56 Å². The molecule has 1 fully saturated rings. The number of carbonyl (C=O) groups is 2. The van der Waals surface area contributed by atoms with E-state index >= 15 is 0 Å². The summed E-state index contributed by atoms with van der Waals surface area (Å²) in [5, 5.41) is 3.59. The molecule has 1 aliphatic heterocycles. The number of H-pyrrole nitrogens is 1. The number of ether oxygens (including phenoxy) is 1. The number of hydrogen-bond donors (Lipinski definition) is 2. The number of piperidine rings is 1. The van der Waals surface area contributed by atoms with E-state index in [0.717, 1.165) is 24.0 Å². The molecule has 0 radical (unpaired) electrons. The molecule has 2 aromatic carbocycles. The summed E-state index contributed by atoms with van der Waals surface area (Å²) in [7, 11) is 0. The van der Waals surface area contributed by atoms with E-state index in [4.69, 9.17) is 4.74 Å². The zero-order chi connectivity index (χ0) is 20.2. The van der Waals surface area contributed by atoms with Crippen molar-refractivity contribution in [1.29, 1.82) is 0 Å². The first-order chi connectivity index (χ1) is 14.1. The van der Waals surface area contributed by atoms with Crippen LogP contribution in [-0.4, -0.2) is 36.1 Å². The Hall–Kier alpha value is -3.28. The van der Waals surface area contributed by atoms with E-state index in [-0.39, 0.29) is 5.91 Å². The van der Waals surface area contributed by atoms with Gasteiger partial charge in [-0.2, -0.15) is 0 Å². The highest BCUT2D eigenvalue weighted by molar-refractivity contribution is 6.05. The van der Waals surface area contributed by atoms with Crippen LogP contribution >= 0.6 is 0 Å². The number of benzene rings is 2. The molecule has 6 heteroatoms. The predicted octanol–water partition coefficient (Wildman–Crippen LogP) is 4.34. The molecule has 2 heterocycles. The largest absolute Gasteiger partial charge is 0.449 e. The smallest absolute Gasteiger partial charge is 0.341 e. The maximum atomic E-state index is 12.5. The summed E-state index contributed by atoms with van der Waals surface area (Å²) in [6, 6.07) is 15.3. The lowest BCUT2D eigenvalue weighted by Gasteiger charge is -2.28. The molecule has 150 valence electrons. The number of nitrogens with one attached hydrogen (secondary N) is 2. The summed E-state index contributed by atoms with van der Waals surface area (Å²) in [6.45, 7) is 3.73. The third-order valence-electron chi connectivity index (χ3n) is 5.32. The van der Waals surface area contributed by atoms with Crippen molar-refractivity contribution < 1.29 is 14.3 Å². The molecule has 4 rings (SSSR count). The van der Waals surface area contributed by atoms with Gasteiger partial charge in [-0.1, -0.05) is 18.2 Å². The van der Waals surface area contributed by atoms with Gasteiger partial charge in [0.25, 0.3) is 5.91 Å². The number of rotatable bonds is 5. The molecule has 0 bridgehead atoms. The van der Waals surface area contributed by atoms with Crippen LogP contribution in [0.3, 0.4) is 0 Å². The Bertz CT molecular complexity index is 1000. The Labute approximate surface area is 169 Å². The van der Waals surface area contributed by atoms with Gasteiger partial charge in [-0.15, -0.1) is 0 Å². The van der Waals surface area contributed by atoms with Gasteiger partial charge >= 0.3 is 5.97 Å². The summed E-state index contributed by atoms with van der Waals surface area (Å²) < 4.78 is 5.38. The number of esters is 1. The topological polar surface area (TPSA) is 74.4 Å². The summed E-state index contributed by atoms with van der Waals surface area (Å²) in [4.78, 5) is 30.3. The third-order valence-corrected chi connectivity index (χ3v) is 5.32. The minimum Gasteiger partial charge on any atom is -0.449 e. The lowest BCUT2D eigenvalue weighted by atomic mass is 10.1. The standard InChI is InChI=1S/C23H25N3O3/c1-16(29-23(28)20-15-24-21-8-4-3-7-19(20)21)22(27)25-17-9-11-18(12-10-17)26-13-5-2-6-14-26/h3-4,7-12,15-16,24H,2,5-6,13-14H2,1H3,(H,25,27)/t16-/m1/s1. The van der Waals surface area contributed by atoms with Crippen LogP contribution in [0.1, 0.15) is 36.5 Å². The highest BCUT2D eigenvalue weighted by Crippen LogP contribution is 2.22. The fourth-order valence-corrected chi connectivity index (χ4v) is 3.67. The van der Waals surface area contributed by atoms with Gasteiger partial charge in [-0.3, -0.25) is 4.79 Å². The molecule has 1 atom stereocenters. The van der Waals surface area contributed by atoms with Gasteiger partial charge < -0.3 is 19.9 Å². The summed E-state index contributed by atoms with van der Waals surface area (Å²) in [5.74, 6) is -0.880. The molecule has 0 saturated carbocycles. The van der Waals surface area contributed by atoms with E-state index in [2.05, 4.69) is 15.2 Å². The van der Waals surface area contributed by atoms with Crippen molar-refractivity contribution in [2.24, 2.45) is 0 Å². The molecule has 2 N–H and O–H groups in total. The molecule has 0 unspecified atom stereocenters. The molecule has 0 spiro atoms. The second kappa shape index (κ2) is 8.39. The van der Waals surface area contributed by atoms with Gasteiger partial charge in [-0.25, -0.2) is 4.79 Å². The van der Waals surface area contributed by atoms with Crippen molar-refractivity contribution in [2.75, 3.05) is 23.3 Å². The first kappa shape index (κ1) is 19.1. The van der Waals surface area contributed by atoms with E-state index in [1.54, 1.807) is 13.1 Å². The average Bonchev–Trinajstić information content (AvgIpc) is 3.19. The van der Waals surface area contributed by atoms with Crippen LogP contribution in [0.5, 0.6) is 0 Å². The van der Waals surface area contributed by atoms with Crippen molar-refractivity contribution in [2.45, 2.75) is 32.3 Å². The molecule has 3 aromatic rings. The third kappa shape index (κ3) is 4.26. The number of nitrogens with zero attached hydrogens (tertiary/aromatic N) is 1. The van der Waals surface area contributed by atoms with Gasteiger partial charge in [0, 0.05) is 41.6 Å². The first-order valence-corrected chi connectivity index (χ1v) is 10.0. The van der Waals surface area contributed by atoms with Crippen LogP contribution in [0.2, 0.25) is 0 Å². The zero-order valence-corrected chi connectivity index (χ0v) is 16.5. The van der Waals surface area contributed by atoms with Crippen molar-refractivity contribution >= 4 is 34.2 Å². The van der Waals surface area contributed by atoms with E-state index in [1.165, 1.54) is 24.9 Å². The average molecular weight is 391 g/mol. The van der Waals surface area contributed by atoms with Crippen molar-refractivity contribution in [3.05, 3.63) is 60.3 Å². The molecular weight excluding hydrogens is 366 g/mol. The van der Waals surface area contributed by atoms with E-state index in [0.29, 0.717) is 11.3 Å². The Morgan fingerprint density at radius 3 is 2.52 bits per heavy atom. The highest BCUT2D eigenvalue weighted by atomic mass is 16.5. The monoisotopic (exact) mass is 391 g/mol. The number of aromatic nitrogens is 1. The van der Waals surface area contributed by atoms with Crippen LogP contribution in [0.25, 0.3) is 10.9 Å². The van der Waals surface area contributed by atoms with Crippen molar-refractivity contribution in [3.8, 4) is 0 Å². The van der Waals surface area contributed by atoms with Crippen LogP contribution in [0.15, 0.2) is 54.7 Å². The van der Waals surface area contributed by atoms with Crippen molar-refractivity contribution in [3.63, 3.8) is 0 Å². The molecular formula is C23H25N3O3. The predicted molar refractivity (Wildman–Crippen MR) is 114 cm³/mol. The SMILES string of the molecule is C[C@@H](OC(=O)c1c[nH]c2ccccc12)C(=O)Nc1ccc(N2CCCCC2)cc1. The fraction of sp³-hybridized carbons (Fsp3) is 0.304. The number of carbonyl (C=O) groups excluding carboxylic acids is 2. The van der Waals surface area contributed by atoms with Crippen LogP contribution in [-0.2, 0) is 9.53 Å². The molecule has 1 aromatic heterocycles. The van der Waals surface area contributed by atoms with E-state index in [9.17, 15) is 9.59 Å². The fourth-order valence-electron chi connectivity index (χ4n) is 3.67. The Morgan fingerprint density at radius 2 is 1.76 bits per heavy atom. The number of amides is 1. The number of aromatic amines is 1. The molecule has 29 heavy (non-hydrogen) atoms. The second-order valence-corrected chi connectivity index (χ2v) is 7.38. The van der Waals surface area contributed by atoms with Crippen LogP contribution in [0, 0.1) is 0 Å². The molecule has 1 amide bonds. The zero-order valence-electron chi connectivity index (χ0n) is 16.5. The lowest BCUT2D eigenvalue weighted by molar-refractivity contribution is -0.123.